The van der Waals surface area contributed by atoms with E-state index >= 15 is 0 Å². The first-order chi connectivity index (χ1) is 9.20. The first-order valence-corrected chi connectivity index (χ1v) is 5.84. The van der Waals surface area contributed by atoms with E-state index in [2.05, 4.69) is 0 Å². The molecule has 3 rings (SSSR count). The fraction of sp³-hybridized carbons (Fsp3) is 0.143. The lowest BCUT2D eigenvalue weighted by Gasteiger charge is -2.11. The summed E-state index contributed by atoms with van der Waals surface area (Å²) in [6.07, 6.45) is 0. The predicted molar refractivity (Wildman–Crippen MR) is 65.3 cm³/mol. The molecule has 0 radical (unpaired) electrons. The molecule has 1 aromatic heterocycles. The van der Waals surface area contributed by atoms with Gasteiger partial charge in [-0.05, 0) is 24.3 Å². The average Bonchev–Trinajstić information content (AvgIpc) is 2.99. The molecule has 2 amide bonds. The Bertz CT molecular complexity index is 624. The molecule has 0 fully saturated rings. The summed E-state index contributed by atoms with van der Waals surface area (Å²) in [6, 6.07) is 9.99. The van der Waals surface area contributed by atoms with Gasteiger partial charge < -0.3 is 9.52 Å². The Balaban J connectivity index is 1.88. The van der Waals surface area contributed by atoms with Crippen molar-refractivity contribution in [3.8, 4) is 0 Å². The maximum atomic E-state index is 12.1. The van der Waals surface area contributed by atoms with Crippen LogP contribution in [0.15, 0.2) is 40.8 Å². The Hall–Kier alpha value is -2.40. The van der Waals surface area contributed by atoms with Gasteiger partial charge >= 0.3 is 0 Å². The molecule has 0 saturated heterocycles. The highest BCUT2D eigenvalue weighted by Crippen LogP contribution is 2.24. The molecule has 0 saturated carbocycles. The van der Waals surface area contributed by atoms with E-state index in [-0.39, 0.29) is 25.0 Å². The number of rotatable bonds is 3. The molecule has 19 heavy (non-hydrogen) atoms. The third-order valence-electron chi connectivity index (χ3n) is 3.07. The highest BCUT2D eigenvalue weighted by molar-refractivity contribution is 6.21. The molecule has 5 nitrogen and oxygen atoms in total. The molecular formula is C14H11NO4. The average molecular weight is 257 g/mol. The van der Waals surface area contributed by atoms with Crippen molar-refractivity contribution in [2.45, 2.75) is 13.2 Å². The minimum absolute atomic E-state index is 0.0757. The van der Waals surface area contributed by atoms with Crippen LogP contribution >= 0.6 is 0 Å². The maximum Gasteiger partial charge on any atom is 0.261 e. The van der Waals surface area contributed by atoms with Crippen LogP contribution in [0.5, 0.6) is 0 Å². The maximum absolute atomic E-state index is 12.1. The number of amides is 2. The zero-order chi connectivity index (χ0) is 13.4. The summed E-state index contributed by atoms with van der Waals surface area (Å²) in [7, 11) is 0. The number of aliphatic hydroxyl groups excluding tert-OH is 1. The zero-order valence-electron chi connectivity index (χ0n) is 10.00. The fourth-order valence-electron chi connectivity index (χ4n) is 2.13. The van der Waals surface area contributed by atoms with Crippen LogP contribution < -0.4 is 0 Å². The summed E-state index contributed by atoms with van der Waals surface area (Å²) in [5.41, 5.74) is 0.836. The Morgan fingerprint density at radius 1 is 0.947 bits per heavy atom. The Morgan fingerprint density at radius 2 is 1.53 bits per heavy atom. The largest absolute Gasteiger partial charge is 0.462 e. The van der Waals surface area contributed by atoms with E-state index in [1.54, 1.807) is 36.4 Å². The van der Waals surface area contributed by atoms with Crippen LogP contribution in [0.4, 0.5) is 0 Å². The molecule has 2 heterocycles. The number of carbonyl (C=O) groups excluding carboxylic acids is 2. The minimum atomic E-state index is -0.317. The van der Waals surface area contributed by atoms with Gasteiger partial charge in [0.05, 0.1) is 17.7 Å². The van der Waals surface area contributed by atoms with Crippen LogP contribution in [0.2, 0.25) is 0 Å². The quantitative estimate of drug-likeness (QED) is 0.847. The van der Waals surface area contributed by atoms with Crippen molar-refractivity contribution in [3.63, 3.8) is 0 Å². The molecule has 0 atom stereocenters. The minimum Gasteiger partial charge on any atom is -0.462 e. The number of nitrogens with zero attached hydrogens (tertiary/aromatic N) is 1. The van der Waals surface area contributed by atoms with Gasteiger partial charge in [0.2, 0.25) is 0 Å². The lowest BCUT2D eigenvalue weighted by atomic mass is 10.1. The number of imide groups is 1. The van der Waals surface area contributed by atoms with Gasteiger partial charge in [-0.15, -0.1) is 0 Å². The Morgan fingerprint density at radius 3 is 2.05 bits per heavy atom. The highest BCUT2D eigenvalue weighted by atomic mass is 16.4. The van der Waals surface area contributed by atoms with Crippen molar-refractivity contribution in [3.05, 3.63) is 59.0 Å². The van der Waals surface area contributed by atoms with Crippen LogP contribution in [-0.2, 0) is 13.2 Å². The van der Waals surface area contributed by atoms with Crippen molar-refractivity contribution in [1.29, 1.82) is 0 Å². The second kappa shape index (κ2) is 4.37. The van der Waals surface area contributed by atoms with E-state index in [0.717, 1.165) is 4.90 Å². The molecule has 5 heteroatoms. The van der Waals surface area contributed by atoms with Crippen molar-refractivity contribution in [2.75, 3.05) is 0 Å². The first kappa shape index (κ1) is 11.7. The smallest absolute Gasteiger partial charge is 0.261 e. The first-order valence-electron chi connectivity index (χ1n) is 5.84. The number of hydrogen-bond donors (Lipinski definition) is 1. The molecule has 1 aliphatic heterocycles. The fourth-order valence-corrected chi connectivity index (χ4v) is 2.13. The molecule has 0 unspecified atom stereocenters. The van der Waals surface area contributed by atoms with Crippen LogP contribution in [0.3, 0.4) is 0 Å². The highest BCUT2D eigenvalue weighted by Gasteiger charge is 2.35. The molecule has 0 spiro atoms. The van der Waals surface area contributed by atoms with Gasteiger partial charge in [0, 0.05) is 0 Å². The number of aliphatic hydroxyl groups is 1. The van der Waals surface area contributed by atoms with Crippen molar-refractivity contribution < 1.29 is 19.1 Å². The molecule has 0 aliphatic carbocycles. The third kappa shape index (κ3) is 1.84. The van der Waals surface area contributed by atoms with Gasteiger partial charge in [0.1, 0.15) is 18.1 Å². The summed E-state index contributed by atoms with van der Waals surface area (Å²) in [5, 5.41) is 8.92. The summed E-state index contributed by atoms with van der Waals surface area (Å²) < 4.78 is 5.29. The van der Waals surface area contributed by atoms with Gasteiger partial charge in [-0.25, -0.2) is 0 Å². The number of benzene rings is 1. The van der Waals surface area contributed by atoms with Crippen LogP contribution in [-0.4, -0.2) is 21.8 Å². The van der Waals surface area contributed by atoms with E-state index in [4.69, 9.17) is 9.52 Å². The molecule has 96 valence electrons. The van der Waals surface area contributed by atoms with Crippen molar-refractivity contribution in [1.82, 2.24) is 4.90 Å². The van der Waals surface area contributed by atoms with E-state index in [1.807, 2.05) is 0 Å². The lowest BCUT2D eigenvalue weighted by molar-refractivity contribution is 0.0630. The molecule has 1 N–H and O–H groups in total. The van der Waals surface area contributed by atoms with E-state index in [1.165, 1.54) is 0 Å². The summed E-state index contributed by atoms with van der Waals surface area (Å²) in [5.74, 6) is 0.246. The number of hydrogen-bond acceptors (Lipinski definition) is 4. The second-order valence-corrected chi connectivity index (χ2v) is 4.27. The summed E-state index contributed by atoms with van der Waals surface area (Å²) >= 11 is 0. The van der Waals surface area contributed by atoms with Crippen LogP contribution in [0.25, 0.3) is 0 Å². The third-order valence-corrected chi connectivity index (χ3v) is 3.07. The van der Waals surface area contributed by atoms with E-state index in [9.17, 15) is 9.59 Å². The molecule has 0 bridgehead atoms. The monoisotopic (exact) mass is 257 g/mol. The normalized spacial score (nSPS) is 14.1. The molecule has 2 aromatic rings. The topological polar surface area (TPSA) is 70.8 Å². The number of carbonyl (C=O) groups is 2. The second-order valence-electron chi connectivity index (χ2n) is 4.27. The van der Waals surface area contributed by atoms with Crippen molar-refractivity contribution >= 4 is 11.8 Å². The summed E-state index contributed by atoms with van der Waals surface area (Å²) in [4.78, 5) is 25.3. The van der Waals surface area contributed by atoms with E-state index < -0.39 is 0 Å². The SMILES string of the molecule is O=C1c2ccccc2C(=O)N1Cc1ccc(CO)o1. The molecular weight excluding hydrogens is 246 g/mol. The van der Waals surface area contributed by atoms with Gasteiger partial charge in [-0.1, -0.05) is 12.1 Å². The molecule has 1 aromatic carbocycles. The Labute approximate surface area is 109 Å². The number of fused-ring (bicyclic) bond motifs is 1. The predicted octanol–water partition coefficient (Wildman–Crippen LogP) is 1.57. The van der Waals surface area contributed by atoms with Gasteiger partial charge in [-0.3, -0.25) is 14.5 Å². The van der Waals surface area contributed by atoms with Crippen LogP contribution in [0, 0.1) is 0 Å². The van der Waals surface area contributed by atoms with Gasteiger partial charge in [0.15, 0.2) is 0 Å². The number of furan rings is 1. The zero-order valence-corrected chi connectivity index (χ0v) is 10.00. The van der Waals surface area contributed by atoms with Crippen molar-refractivity contribution in [2.24, 2.45) is 0 Å². The standard InChI is InChI=1S/C14H11NO4/c16-8-10-6-5-9(19-10)7-15-13(17)11-3-1-2-4-12(11)14(15)18/h1-6,16H,7-8H2. The van der Waals surface area contributed by atoms with E-state index in [0.29, 0.717) is 22.6 Å². The lowest BCUT2D eigenvalue weighted by Crippen LogP contribution is -2.28. The van der Waals surface area contributed by atoms with Gasteiger partial charge in [-0.2, -0.15) is 0 Å². The Kier molecular flexibility index (Phi) is 2.68. The van der Waals surface area contributed by atoms with Crippen LogP contribution in [0.1, 0.15) is 32.2 Å². The summed E-state index contributed by atoms with van der Waals surface area (Å²) in [6.45, 7) is -0.130. The molecule has 1 aliphatic rings. The van der Waals surface area contributed by atoms with Gasteiger partial charge in [0.25, 0.3) is 11.8 Å².